The smallest absolute Gasteiger partial charge is 0.0440 e. The van der Waals surface area contributed by atoms with Gasteiger partial charge in [0, 0.05) is 5.03 Å². The maximum atomic E-state index is 6.33. The van der Waals surface area contributed by atoms with Crippen molar-refractivity contribution >= 4 is 11.6 Å². The molecule has 1 heterocycles. The van der Waals surface area contributed by atoms with Crippen LogP contribution in [0.1, 0.15) is 26.2 Å². The van der Waals surface area contributed by atoms with Crippen molar-refractivity contribution in [3.63, 3.8) is 0 Å². The topological polar surface area (TPSA) is 12.0 Å². The summed E-state index contributed by atoms with van der Waals surface area (Å²) in [6.45, 7) is 4.53. The zero-order chi connectivity index (χ0) is 10.7. The maximum Gasteiger partial charge on any atom is 0.0440 e. The van der Waals surface area contributed by atoms with Crippen molar-refractivity contribution in [1.29, 1.82) is 0 Å². The SMILES string of the molecule is CC1(C2=C(Cl)C=CCC=C2)CCNCC1. The highest BCUT2D eigenvalue weighted by Crippen LogP contribution is 2.40. The van der Waals surface area contributed by atoms with Crippen LogP contribution in [-0.4, -0.2) is 13.1 Å². The van der Waals surface area contributed by atoms with E-state index in [1.807, 2.05) is 6.08 Å². The van der Waals surface area contributed by atoms with Gasteiger partial charge < -0.3 is 5.32 Å². The summed E-state index contributed by atoms with van der Waals surface area (Å²) in [5.41, 5.74) is 1.58. The van der Waals surface area contributed by atoms with Gasteiger partial charge in [-0.3, -0.25) is 0 Å². The van der Waals surface area contributed by atoms with Crippen LogP contribution in [0.5, 0.6) is 0 Å². The number of piperidine rings is 1. The molecule has 0 unspecified atom stereocenters. The van der Waals surface area contributed by atoms with Crippen molar-refractivity contribution in [2.75, 3.05) is 13.1 Å². The van der Waals surface area contributed by atoms with E-state index in [4.69, 9.17) is 11.6 Å². The number of rotatable bonds is 1. The van der Waals surface area contributed by atoms with E-state index in [1.165, 1.54) is 18.4 Å². The summed E-state index contributed by atoms with van der Waals surface area (Å²) in [5.74, 6) is 0. The average Bonchev–Trinajstić information content (AvgIpc) is 2.44. The number of nitrogens with one attached hydrogen (secondary N) is 1. The monoisotopic (exact) mass is 223 g/mol. The van der Waals surface area contributed by atoms with Gasteiger partial charge in [0.05, 0.1) is 0 Å². The first kappa shape index (κ1) is 11.0. The molecule has 0 aromatic heterocycles. The van der Waals surface area contributed by atoms with Crippen molar-refractivity contribution in [3.05, 3.63) is 34.9 Å². The lowest BCUT2D eigenvalue weighted by molar-refractivity contribution is 0.287. The molecule has 1 fully saturated rings. The summed E-state index contributed by atoms with van der Waals surface area (Å²) in [5, 5.41) is 4.33. The highest BCUT2D eigenvalue weighted by atomic mass is 35.5. The van der Waals surface area contributed by atoms with Gasteiger partial charge in [-0.15, -0.1) is 0 Å². The Kier molecular flexibility index (Phi) is 3.32. The quantitative estimate of drug-likeness (QED) is 0.719. The standard InChI is InChI=1S/C13H18ClN/c1-13(7-9-15-10-8-13)11-5-3-2-4-6-12(11)14/h3-6,15H,2,7-10H2,1H3. The molecule has 82 valence electrons. The van der Waals surface area contributed by atoms with E-state index in [-0.39, 0.29) is 5.41 Å². The lowest BCUT2D eigenvalue weighted by Crippen LogP contribution is -2.35. The Morgan fingerprint density at radius 3 is 2.60 bits per heavy atom. The molecule has 0 atom stereocenters. The van der Waals surface area contributed by atoms with Gasteiger partial charge in [-0.1, -0.05) is 36.8 Å². The zero-order valence-corrected chi connectivity index (χ0v) is 9.98. The Bertz CT molecular complexity index is 319. The third-order valence-corrected chi connectivity index (χ3v) is 3.77. The second kappa shape index (κ2) is 4.54. The molecule has 1 N–H and O–H groups in total. The van der Waals surface area contributed by atoms with Crippen LogP contribution in [-0.2, 0) is 0 Å². The molecule has 1 aliphatic heterocycles. The predicted molar refractivity (Wildman–Crippen MR) is 66.0 cm³/mol. The molecule has 0 bridgehead atoms. The van der Waals surface area contributed by atoms with Gasteiger partial charge in [-0.2, -0.15) is 0 Å². The second-order valence-electron chi connectivity index (χ2n) is 4.61. The summed E-state index contributed by atoms with van der Waals surface area (Å²) >= 11 is 6.33. The molecule has 0 spiro atoms. The van der Waals surface area contributed by atoms with E-state index >= 15 is 0 Å². The summed E-state index contributed by atoms with van der Waals surface area (Å²) in [7, 11) is 0. The van der Waals surface area contributed by atoms with E-state index < -0.39 is 0 Å². The van der Waals surface area contributed by atoms with E-state index in [2.05, 4.69) is 30.5 Å². The fourth-order valence-corrected chi connectivity index (χ4v) is 2.72. The van der Waals surface area contributed by atoms with Gasteiger partial charge in [0.2, 0.25) is 0 Å². The van der Waals surface area contributed by atoms with Crippen molar-refractivity contribution in [2.24, 2.45) is 5.41 Å². The number of hydrogen-bond acceptors (Lipinski definition) is 1. The summed E-state index contributed by atoms with van der Waals surface area (Å²) in [6, 6.07) is 0. The number of allylic oxidation sites excluding steroid dienone is 6. The molecule has 15 heavy (non-hydrogen) atoms. The molecule has 0 saturated carbocycles. The molecule has 0 aromatic rings. The predicted octanol–water partition coefficient (Wildman–Crippen LogP) is 3.39. The van der Waals surface area contributed by atoms with Gasteiger partial charge in [0.1, 0.15) is 0 Å². The highest BCUT2D eigenvalue weighted by Gasteiger charge is 2.31. The van der Waals surface area contributed by atoms with Crippen LogP contribution in [0.3, 0.4) is 0 Å². The van der Waals surface area contributed by atoms with Crippen LogP contribution in [0.15, 0.2) is 34.9 Å². The number of halogens is 1. The van der Waals surface area contributed by atoms with Crippen LogP contribution in [0, 0.1) is 5.41 Å². The highest BCUT2D eigenvalue weighted by molar-refractivity contribution is 6.31. The zero-order valence-electron chi connectivity index (χ0n) is 9.22. The van der Waals surface area contributed by atoms with Crippen LogP contribution < -0.4 is 5.32 Å². The lowest BCUT2D eigenvalue weighted by Gasteiger charge is -2.35. The van der Waals surface area contributed by atoms with Gasteiger partial charge in [-0.25, -0.2) is 0 Å². The first-order chi connectivity index (χ1) is 7.22. The van der Waals surface area contributed by atoms with Gasteiger partial charge in [-0.05, 0) is 49.4 Å². The van der Waals surface area contributed by atoms with E-state index in [9.17, 15) is 0 Å². The summed E-state index contributed by atoms with van der Waals surface area (Å²) < 4.78 is 0. The third-order valence-electron chi connectivity index (χ3n) is 3.44. The summed E-state index contributed by atoms with van der Waals surface area (Å²) in [4.78, 5) is 0. The molecule has 0 amide bonds. The van der Waals surface area contributed by atoms with E-state index in [0.717, 1.165) is 24.5 Å². The fourth-order valence-electron chi connectivity index (χ4n) is 2.34. The Morgan fingerprint density at radius 2 is 1.87 bits per heavy atom. The van der Waals surface area contributed by atoms with Crippen molar-refractivity contribution in [3.8, 4) is 0 Å². The first-order valence-electron chi connectivity index (χ1n) is 5.66. The first-order valence-corrected chi connectivity index (χ1v) is 6.04. The largest absolute Gasteiger partial charge is 0.317 e. The van der Waals surface area contributed by atoms with Gasteiger partial charge in [0.15, 0.2) is 0 Å². The molecule has 1 aliphatic carbocycles. The summed E-state index contributed by atoms with van der Waals surface area (Å²) in [6.07, 6.45) is 11.9. The molecule has 1 saturated heterocycles. The van der Waals surface area contributed by atoms with E-state index in [1.54, 1.807) is 0 Å². The Morgan fingerprint density at radius 1 is 1.20 bits per heavy atom. The minimum Gasteiger partial charge on any atom is -0.317 e. The molecule has 0 radical (unpaired) electrons. The minimum absolute atomic E-state index is 0.257. The normalized spacial score (nSPS) is 25.5. The Hall–Kier alpha value is -0.530. The average molecular weight is 224 g/mol. The van der Waals surface area contributed by atoms with E-state index in [0.29, 0.717) is 0 Å². The molecule has 2 rings (SSSR count). The molecular formula is C13H18ClN. The fraction of sp³-hybridized carbons (Fsp3) is 0.538. The molecule has 1 nitrogen and oxygen atoms in total. The van der Waals surface area contributed by atoms with Crippen molar-refractivity contribution in [2.45, 2.75) is 26.2 Å². The molecule has 0 aromatic carbocycles. The van der Waals surface area contributed by atoms with Crippen LogP contribution in [0.2, 0.25) is 0 Å². The molecule has 2 aliphatic rings. The lowest BCUT2D eigenvalue weighted by atomic mass is 9.74. The molecule has 2 heteroatoms. The third kappa shape index (κ3) is 2.35. The second-order valence-corrected chi connectivity index (χ2v) is 5.02. The number of hydrogen-bond donors (Lipinski definition) is 1. The Balaban J connectivity index is 2.30. The minimum atomic E-state index is 0.257. The van der Waals surface area contributed by atoms with Crippen LogP contribution in [0.25, 0.3) is 0 Å². The van der Waals surface area contributed by atoms with Crippen LogP contribution >= 0.6 is 11.6 Å². The van der Waals surface area contributed by atoms with Crippen molar-refractivity contribution in [1.82, 2.24) is 5.32 Å². The van der Waals surface area contributed by atoms with Crippen LogP contribution in [0.4, 0.5) is 0 Å². The Labute approximate surface area is 96.9 Å². The van der Waals surface area contributed by atoms with Gasteiger partial charge >= 0.3 is 0 Å². The van der Waals surface area contributed by atoms with Gasteiger partial charge in [0.25, 0.3) is 0 Å². The molecular weight excluding hydrogens is 206 g/mol. The van der Waals surface area contributed by atoms with Crippen molar-refractivity contribution < 1.29 is 0 Å². The maximum absolute atomic E-state index is 6.33.